The Kier molecular flexibility index (Phi) is 9.46. The van der Waals surface area contributed by atoms with Gasteiger partial charge >= 0.3 is 23.9 Å². The molecule has 0 radical (unpaired) electrons. The zero-order valence-electron chi connectivity index (χ0n) is 26.2. The summed E-state index contributed by atoms with van der Waals surface area (Å²) < 4.78 is 16.9. The van der Waals surface area contributed by atoms with Crippen molar-refractivity contribution in [2.24, 2.45) is 0 Å². The van der Waals surface area contributed by atoms with Gasteiger partial charge in [-0.3, -0.25) is 9.59 Å². The van der Waals surface area contributed by atoms with Crippen molar-refractivity contribution in [2.75, 3.05) is 10.6 Å². The van der Waals surface area contributed by atoms with Crippen molar-refractivity contribution in [3.8, 4) is 5.75 Å². The second kappa shape index (κ2) is 13.7. The van der Waals surface area contributed by atoms with Crippen molar-refractivity contribution in [3.05, 3.63) is 125 Å². The van der Waals surface area contributed by atoms with Crippen LogP contribution in [0.1, 0.15) is 51.6 Å². The molecule has 5 rings (SSSR count). The van der Waals surface area contributed by atoms with Crippen molar-refractivity contribution < 1.29 is 53.2 Å². The summed E-state index contributed by atoms with van der Waals surface area (Å²) in [6.07, 6.45) is 0. The Hall–Kier alpha value is -6.50. The van der Waals surface area contributed by atoms with Crippen LogP contribution in [-0.2, 0) is 35.3 Å². The van der Waals surface area contributed by atoms with E-state index in [2.05, 4.69) is 10.6 Å². The van der Waals surface area contributed by atoms with Crippen LogP contribution in [0.25, 0.3) is 0 Å². The molecule has 1 fully saturated rings. The van der Waals surface area contributed by atoms with Crippen molar-refractivity contribution >= 4 is 47.1 Å². The van der Waals surface area contributed by atoms with Crippen LogP contribution in [0.4, 0.5) is 11.4 Å². The third kappa shape index (κ3) is 6.81. The quantitative estimate of drug-likeness (QED) is 0.154. The second-order valence-electron chi connectivity index (χ2n) is 11.2. The first-order valence-corrected chi connectivity index (χ1v) is 14.8. The van der Waals surface area contributed by atoms with Crippen molar-refractivity contribution in [1.82, 2.24) is 0 Å². The van der Waals surface area contributed by atoms with Crippen molar-refractivity contribution in [2.45, 2.75) is 37.6 Å². The molecule has 4 N–H and O–H groups in total. The number of rotatable bonds is 12. The summed E-state index contributed by atoms with van der Waals surface area (Å²) in [6, 6.07) is 25.6. The van der Waals surface area contributed by atoms with Crippen LogP contribution in [0.3, 0.4) is 0 Å². The maximum absolute atomic E-state index is 13.4. The predicted molar refractivity (Wildman–Crippen MR) is 173 cm³/mol. The van der Waals surface area contributed by atoms with Crippen molar-refractivity contribution in [1.29, 1.82) is 0 Å². The van der Waals surface area contributed by atoms with Crippen LogP contribution in [0.5, 0.6) is 5.75 Å². The first-order chi connectivity index (χ1) is 23.4. The Morgan fingerprint density at radius 3 is 1.43 bits per heavy atom. The fraction of sp³-hybridized carbons (Fsp3) is 0.167. The molecule has 0 heterocycles. The molecule has 1 aliphatic rings. The lowest BCUT2D eigenvalue weighted by Gasteiger charge is -2.20. The van der Waals surface area contributed by atoms with Crippen LogP contribution in [0, 0.1) is 0 Å². The average molecular weight is 667 g/mol. The molecule has 13 heteroatoms. The van der Waals surface area contributed by atoms with E-state index in [-0.39, 0.29) is 35.1 Å². The van der Waals surface area contributed by atoms with E-state index >= 15 is 0 Å². The highest BCUT2D eigenvalue weighted by Crippen LogP contribution is 2.66. The van der Waals surface area contributed by atoms with Gasteiger partial charge in [-0.15, -0.1) is 0 Å². The third-order valence-electron chi connectivity index (χ3n) is 7.77. The molecule has 0 spiro atoms. The van der Waals surface area contributed by atoms with Crippen LogP contribution >= 0.6 is 0 Å². The summed E-state index contributed by atoms with van der Waals surface area (Å²) in [7, 11) is 0. The molecule has 4 aromatic rings. The lowest BCUT2D eigenvalue weighted by Crippen LogP contribution is -2.45. The number of esters is 2. The van der Waals surface area contributed by atoms with E-state index in [1.165, 1.54) is 86.6 Å². The molecule has 1 saturated carbocycles. The predicted octanol–water partition coefficient (Wildman–Crippen LogP) is 4.64. The average Bonchev–Trinajstić information content (AvgIpc) is 3.67. The number of anilines is 2. The molecule has 2 amide bonds. The molecule has 13 nitrogen and oxygen atoms in total. The molecular weight excluding hydrogens is 636 g/mol. The van der Waals surface area contributed by atoms with Crippen LogP contribution in [-0.4, -0.2) is 57.1 Å². The maximum Gasteiger partial charge on any atom is 0.354 e. The van der Waals surface area contributed by atoms with Gasteiger partial charge in [0, 0.05) is 25.2 Å². The van der Waals surface area contributed by atoms with Gasteiger partial charge < -0.3 is 35.1 Å². The minimum absolute atomic E-state index is 0.0690. The van der Waals surface area contributed by atoms with Crippen LogP contribution < -0.4 is 15.4 Å². The highest BCUT2D eigenvalue weighted by Gasteiger charge is 2.93. The standard InChI is InChI=1S/C36H30N2O11/c1-21(39)37-27-14-8-25(9-15-27)31(41)48-35(33(43)44)30(24-12-18-29(19-13-24)47-20-23-6-4-3-5-7-23)36(35,34(45)46)49-32(42)26-10-16-28(17-11-26)38-22(2)40/h3-19,30H,20H2,1-2H3,(H,37,39)(H,38,40)(H,43,44)(H,45,46). The molecule has 49 heavy (non-hydrogen) atoms. The van der Waals surface area contributed by atoms with Gasteiger partial charge in [0.05, 0.1) is 17.0 Å². The smallest absolute Gasteiger partial charge is 0.354 e. The van der Waals surface area contributed by atoms with Gasteiger partial charge in [-0.25, -0.2) is 19.2 Å². The Balaban J connectivity index is 1.51. The van der Waals surface area contributed by atoms with Gasteiger partial charge in [-0.05, 0) is 71.8 Å². The number of benzene rings is 4. The number of carbonyl (C=O) groups excluding carboxylic acids is 4. The number of hydrogen-bond acceptors (Lipinski definition) is 9. The topological polar surface area (TPSA) is 195 Å². The number of carboxylic acid groups (broad SMARTS) is 2. The molecule has 0 bridgehead atoms. The summed E-state index contributed by atoms with van der Waals surface area (Å²) in [5.41, 5.74) is -4.51. The minimum Gasteiger partial charge on any atom is -0.489 e. The number of amides is 2. The van der Waals surface area contributed by atoms with E-state index < -0.39 is 41.0 Å². The summed E-state index contributed by atoms with van der Waals surface area (Å²) in [6.45, 7) is 2.80. The molecular formula is C36H30N2O11. The summed E-state index contributed by atoms with van der Waals surface area (Å²) in [4.78, 5) is 75.8. The zero-order valence-corrected chi connectivity index (χ0v) is 26.2. The molecule has 1 aliphatic carbocycles. The van der Waals surface area contributed by atoms with E-state index in [1.54, 1.807) is 0 Å². The lowest BCUT2D eigenvalue weighted by atomic mass is 10.1. The van der Waals surface area contributed by atoms with Gasteiger partial charge in [-0.2, -0.15) is 0 Å². The highest BCUT2D eigenvalue weighted by molar-refractivity contribution is 6.07. The van der Waals surface area contributed by atoms with Crippen LogP contribution in [0.2, 0.25) is 0 Å². The molecule has 4 aromatic carbocycles. The zero-order chi connectivity index (χ0) is 35.3. The second-order valence-corrected chi connectivity index (χ2v) is 11.2. The Morgan fingerprint density at radius 2 is 1.04 bits per heavy atom. The first-order valence-electron chi connectivity index (χ1n) is 14.8. The van der Waals surface area contributed by atoms with Gasteiger partial charge in [-0.1, -0.05) is 42.5 Å². The molecule has 0 saturated heterocycles. The number of hydrogen-bond donors (Lipinski definition) is 4. The van der Waals surface area contributed by atoms with E-state index in [0.29, 0.717) is 17.1 Å². The molecule has 250 valence electrons. The maximum atomic E-state index is 13.4. The van der Waals surface area contributed by atoms with Gasteiger partial charge in [0.25, 0.3) is 11.2 Å². The van der Waals surface area contributed by atoms with Gasteiger partial charge in [0.1, 0.15) is 12.4 Å². The number of nitrogens with one attached hydrogen (secondary N) is 2. The van der Waals surface area contributed by atoms with Gasteiger partial charge in [0.2, 0.25) is 11.8 Å². The number of carboxylic acids is 2. The molecule has 0 aliphatic heterocycles. The Bertz CT molecular complexity index is 1810. The fourth-order valence-corrected chi connectivity index (χ4v) is 5.51. The number of carbonyl (C=O) groups is 6. The Morgan fingerprint density at radius 1 is 0.612 bits per heavy atom. The highest BCUT2D eigenvalue weighted by atomic mass is 16.6. The largest absolute Gasteiger partial charge is 0.489 e. The summed E-state index contributed by atoms with van der Waals surface area (Å²) in [5.74, 6) is -8.24. The van der Waals surface area contributed by atoms with E-state index in [4.69, 9.17) is 14.2 Å². The van der Waals surface area contributed by atoms with E-state index in [1.807, 2.05) is 30.3 Å². The lowest BCUT2D eigenvalue weighted by molar-refractivity contribution is -0.166. The van der Waals surface area contributed by atoms with E-state index in [0.717, 1.165) is 5.56 Å². The fourth-order valence-electron chi connectivity index (χ4n) is 5.51. The van der Waals surface area contributed by atoms with Crippen LogP contribution in [0.15, 0.2) is 103 Å². The molecule has 2 unspecified atom stereocenters. The number of aliphatic carboxylic acids is 2. The SMILES string of the molecule is CC(=O)Nc1ccc(C(=O)OC2(C(=O)O)C(c3ccc(OCc4ccccc4)cc3)C2(OC(=O)c2ccc(NC(C)=O)cc2)C(=O)O)cc1. The van der Waals surface area contributed by atoms with E-state index in [9.17, 15) is 39.0 Å². The first kappa shape index (κ1) is 33.9. The molecule has 0 aromatic heterocycles. The Labute approximate surface area is 279 Å². The van der Waals surface area contributed by atoms with Crippen molar-refractivity contribution in [3.63, 3.8) is 0 Å². The van der Waals surface area contributed by atoms with Gasteiger partial charge in [0.15, 0.2) is 0 Å². The number of ether oxygens (including phenoxy) is 3. The summed E-state index contributed by atoms with van der Waals surface area (Å²) in [5, 5.41) is 26.2. The monoisotopic (exact) mass is 666 g/mol. The molecule has 2 atom stereocenters. The summed E-state index contributed by atoms with van der Waals surface area (Å²) >= 11 is 0. The normalized spacial score (nSPS) is 19.1. The minimum atomic E-state index is -2.91. The third-order valence-corrected chi connectivity index (χ3v) is 7.77.